The lowest BCUT2D eigenvalue weighted by Gasteiger charge is -2.08. The number of aliphatic hydroxyl groups is 1. The predicted molar refractivity (Wildman–Crippen MR) is 77.5 cm³/mol. The maximum absolute atomic E-state index is 11.7. The molecule has 0 aliphatic carbocycles. The second-order valence-corrected chi connectivity index (χ2v) is 5.26. The molecule has 0 aliphatic heterocycles. The first kappa shape index (κ1) is 14.5. The molecule has 0 aromatic carbocycles. The average Bonchev–Trinajstić information content (AvgIpc) is 2.79. The smallest absolute Gasteiger partial charge is 0.224 e. The quantitative estimate of drug-likeness (QED) is 0.876. The number of aromatic nitrogens is 3. The van der Waals surface area contributed by atoms with E-state index >= 15 is 0 Å². The highest BCUT2D eigenvalue weighted by molar-refractivity contribution is 5.92. The van der Waals surface area contributed by atoms with Crippen molar-refractivity contribution in [3.63, 3.8) is 0 Å². The van der Waals surface area contributed by atoms with Gasteiger partial charge in [-0.1, -0.05) is 0 Å². The van der Waals surface area contributed by atoms with Gasteiger partial charge < -0.3 is 10.4 Å². The number of hydrogen-bond acceptors (Lipinski definition) is 4. The van der Waals surface area contributed by atoms with E-state index in [9.17, 15) is 4.79 Å². The van der Waals surface area contributed by atoms with Crippen LogP contribution in [0.15, 0.2) is 18.5 Å². The Hall–Kier alpha value is -1.95. The number of fused-ring (bicyclic) bond motifs is 1. The maximum Gasteiger partial charge on any atom is 0.224 e. The number of nitrogens with zero attached hydrogens (tertiary/aromatic N) is 3. The summed E-state index contributed by atoms with van der Waals surface area (Å²) in [5.41, 5.74) is 1.46. The van der Waals surface area contributed by atoms with E-state index < -0.39 is 6.10 Å². The van der Waals surface area contributed by atoms with Gasteiger partial charge in [0.25, 0.3) is 0 Å². The second-order valence-electron chi connectivity index (χ2n) is 5.26. The summed E-state index contributed by atoms with van der Waals surface area (Å²) in [5, 5.41) is 17.1. The summed E-state index contributed by atoms with van der Waals surface area (Å²) < 4.78 is 1.84. The molecule has 2 N–H and O–H groups in total. The van der Waals surface area contributed by atoms with E-state index in [2.05, 4.69) is 15.4 Å². The fourth-order valence-corrected chi connectivity index (χ4v) is 1.95. The molecular formula is C14H20N4O2. The van der Waals surface area contributed by atoms with Crippen molar-refractivity contribution in [2.24, 2.45) is 0 Å². The number of amides is 1. The van der Waals surface area contributed by atoms with Crippen LogP contribution in [0.3, 0.4) is 0 Å². The van der Waals surface area contributed by atoms with Gasteiger partial charge in [-0.15, -0.1) is 0 Å². The van der Waals surface area contributed by atoms with Crippen LogP contribution in [0.4, 0.5) is 5.69 Å². The van der Waals surface area contributed by atoms with Gasteiger partial charge in [-0.3, -0.25) is 4.79 Å². The summed E-state index contributed by atoms with van der Waals surface area (Å²) in [5.74, 6) is -0.122. The summed E-state index contributed by atoms with van der Waals surface area (Å²) in [6.45, 7) is 5.75. The molecule has 0 saturated carbocycles. The van der Waals surface area contributed by atoms with Gasteiger partial charge in [-0.05, 0) is 33.3 Å². The highest BCUT2D eigenvalue weighted by atomic mass is 16.3. The Labute approximate surface area is 117 Å². The molecule has 0 saturated heterocycles. The molecule has 1 unspecified atom stereocenters. The van der Waals surface area contributed by atoms with E-state index in [0.717, 1.165) is 11.0 Å². The minimum Gasteiger partial charge on any atom is -0.393 e. The molecule has 0 spiro atoms. The molecule has 2 aromatic heterocycles. The number of aliphatic hydroxyl groups excluding tert-OH is 1. The predicted octanol–water partition coefficient (Wildman–Crippen LogP) is 2.11. The minimum absolute atomic E-state index is 0.122. The first-order chi connectivity index (χ1) is 9.47. The summed E-state index contributed by atoms with van der Waals surface area (Å²) in [6, 6.07) is 2.10. The molecular weight excluding hydrogens is 256 g/mol. The number of hydrogen-bond donors (Lipinski definition) is 2. The van der Waals surface area contributed by atoms with Crippen molar-refractivity contribution in [1.82, 2.24) is 14.8 Å². The summed E-state index contributed by atoms with van der Waals surface area (Å²) in [7, 11) is 0. The van der Waals surface area contributed by atoms with Crippen LogP contribution in [-0.4, -0.2) is 31.9 Å². The standard InChI is InChI=1S/C14H20N4O2/c1-9(2)18-14-11(7-16-18)6-12(8-15-14)17-13(20)5-4-10(3)19/h6-10,19H,4-5H2,1-3H3,(H,17,20). The van der Waals surface area contributed by atoms with Crippen molar-refractivity contribution in [1.29, 1.82) is 0 Å². The Bertz CT molecular complexity index is 604. The van der Waals surface area contributed by atoms with Crippen molar-refractivity contribution < 1.29 is 9.90 Å². The average molecular weight is 276 g/mol. The van der Waals surface area contributed by atoms with E-state index in [4.69, 9.17) is 5.11 Å². The molecule has 2 aromatic rings. The minimum atomic E-state index is -0.467. The number of carbonyl (C=O) groups excluding carboxylic acids is 1. The van der Waals surface area contributed by atoms with Crippen molar-refractivity contribution in [2.75, 3.05) is 5.32 Å². The molecule has 20 heavy (non-hydrogen) atoms. The third-order valence-electron chi connectivity index (χ3n) is 3.00. The zero-order valence-electron chi connectivity index (χ0n) is 12.0. The number of carbonyl (C=O) groups is 1. The molecule has 0 radical (unpaired) electrons. The van der Waals surface area contributed by atoms with Crippen LogP contribution in [0.2, 0.25) is 0 Å². The van der Waals surface area contributed by atoms with E-state index in [1.807, 2.05) is 24.6 Å². The highest BCUT2D eigenvalue weighted by Gasteiger charge is 2.09. The topological polar surface area (TPSA) is 80.0 Å². The molecule has 6 nitrogen and oxygen atoms in total. The SMILES string of the molecule is CC(O)CCC(=O)Nc1cnc2c(cnn2C(C)C)c1. The maximum atomic E-state index is 11.7. The molecule has 2 heterocycles. The molecule has 1 atom stereocenters. The molecule has 0 aliphatic rings. The van der Waals surface area contributed by atoms with Crippen LogP contribution < -0.4 is 5.32 Å². The van der Waals surface area contributed by atoms with Gasteiger partial charge >= 0.3 is 0 Å². The Balaban J connectivity index is 2.10. The Morgan fingerprint density at radius 2 is 2.15 bits per heavy atom. The van der Waals surface area contributed by atoms with Gasteiger partial charge in [0.2, 0.25) is 5.91 Å². The van der Waals surface area contributed by atoms with Crippen LogP contribution >= 0.6 is 0 Å². The molecule has 2 rings (SSSR count). The zero-order valence-corrected chi connectivity index (χ0v) is 12.0. The third-order valence-corrected chi connectivity index (χ3v) is 3.00. The molecule has 6 heteroatoms. The van der Waals surface area contributed by atoms with E-state index in [0.29, 0.717) is 18.5 Å². The van der Waals surface area contributed by atoms with Gasteiger partial charge in [0, 0.05) is 17.8 Å². The Morgan fingerprint density at radius 1 is 1.40 bits per heavy atom. The third kappa shape index (κ3) is 3.33. The Kier molecular flexibility index (Phi) is 4.34. The number of pyridine rings is 1. The summed E-state index contributed by atoms with van der Waals surface area (Å²) in [4.78, 5) is 16.0. The second kappa shape index (κ2) is 6.00. The fraction of sp³-hybridized carbons (Fsp3) is 0.500. The van der Waals surface area contributed by atoms with Gasteiger partial charge in [0.05, 0.1) is 24.2 Å². The van der Waals surface area contributed by atoms with E-state index in [1.165, 1.54) is 0 Å². The lowest BCUT2D eigenvalue weighted by Crippen LogP contribution is -2.14. The monoisotopic (exact) mass is 276 g/mol. The number of nitrogens with one attached hydrogen (secondary N) is 1. The molecule has 0 bridgehead atoms. The van der Waals surface area contributed by atoms with Gasteiger partial charge in [-0.25, -0.2) is 9.67 Å². The van der Waals surface area contributed by atoms with Crippen LogP contribution in [0.25, 0.3) is 11.0 Å². The van der Waals surface area contributed by atoms with Crippen molar-refractivity contribution in [3.8, 4) is 0 Å². The summed E-state index contributed by atoms with van der Waals surface area (Å²) >= 11 is 0. The van der Waals surface area contributed by atoms with E-state index in [1.54, 1.807) is 19.3 Å². The van der Waals surface area contributed by atoms with E-state index in [-0.39, 0.29) is 11.9 Å². The molecule has 108 valence electrons. The lowest BCUT2D eigenvalue weighted by atomic mass is 10.2. The fourth-order valence-electron chi connectivity index (χ4n) is 1.95. The van der Waals surface area contributed by atoms with Crippen LogP contribution in [-0.2, 0) is 4.79 Å². The normalized spacial score (nSPS) is 12.8. The van der Waals surface area contributed by atoms with Crippen molar-refractivity contribution in [3.05, 3.63) is 18.5 Å². The first-order valence-corrected chi connectivity index (χ1v) is 6.78. The largest absolute Gasteiger partial charge is 0.393 e. The molecule has 0 fully saturated rings. The van der Waals surface area contributed by atoms with Crippen LogP contribution in [0.1, 0.15) is 39.7 Å². The number of anilines is 1. The molecule has 1 amide bonds. The first-order valence-electron chi connectivity index (χ1n) is 6.78. The number of rotatable bonds is 5. The highest BCUT2D eigenvalue weighted by Crippen LogP contribution is 2.19. The van der Waals surface area contributed by atoms with Gasteiger partial charge in [0.15, 0.2) is 5.65 Å². The van der Waals surface area contributed by atoms with Crippen molar-refractivity contribution >= 4 is 22.6 Å². The summed E-state index contributed by atoms with van der Waals surface area (Å²) in [6.07, 6.45) is 3.65. The van der Waals surface area contributed by atoms with Gasteiger partial charge in [-0.2, -0.15) is 5.10 Å². The lowest BCUT2D eigenvalue weighted by molar-refractivity contribution is -0.116. The Morgan fingerprint density at radius 3 is 2.80 bits per heavy atom. The zero-order chi connectivity index (χ0) is 14.7. The van der Waals surface area contributed by atoms with Crippen LogP contribution in [0.5, 0.6) is 0 Å². The van der Waals surface area contributed by atoms with Crippen molar-refractivity contribution in [2.45, 2.75) is 45.8 Å². The van der Waals surface area contributed by atoms with Crippen LogP contribution in [0, 0.1) is 0 Å². The van der Waals surface area contributed by atoms with Gasteiger partial charge in [0.1, 0.15) is 0 Å².